The van der Waals surface area contributed by atoms with Gasteiger partial charge in [0.1, 0.15) is 0 Å². The lowest BCUT2D eigenvalue weighted by Gasteiger charge is -2.18. The van der Waals surface area contributed by atoms with Crippen molar-refractivity contribution in [2.24, 2.45) is 0 Å². The Morgan fingerprint density at radius 2 is 0.660 bits per heavy atom. The molecule has 0 saturated carbocycles. The van der Waals surface area contributed by atoms with Crippen LogP contribution < -0.4 is 0 Å². The van der Waals surface area contributed by atoms with Gasteiger partial charge in [-0.2, -0.15) is 0 Å². The molecule has 0 unspecified atom stereocenters. The van der Waals surface area contributed by atoms with Crippen molar-refractivity contribution in [1.82, 2.24) is 0 Å². The van der Waals surface area contributed by atoms with E-state index in [0.29, 0.717) is 0 Å². The largest absolute Gasteiger partial charge is 0.135 e. The van der Waals surface area contributed by atoms with Crippen molar-refractivity contribution < 1.29 is 0 Å². The molecule has 232 valence electrons. The molecule has 50 heavy (non-hydrogen) atoms. The van der Waals surface area contributed by atoms with E-state index in [1.54, 1.807) is 0 Å². The minimum atomic E-state index is 1.23. The lowest BCUT2D eigenvalue weighted by molar-refractivity contribution is 1.63. The Hall–Kier alpha value is -5.80. The zero-order chi connectivity index (χ0) is 32.8. The highest BCUT2D eigenvalue weighted by atomic mass is 32.1. The number of fused-ring (bicyclic) bond motifs is 12. The first kappa shape index (κ1) is 28.1. The van der Waals surface area contributed by atoms with Gasteiger partial charge in [0.15, 0.2) is 0 Å². The van der Waals surface area contributed by atoms with E-state index in [9.17, 15) is 0 Å². The van der Waals surface area contributed by atoms with E-state index in [0.717, 1.165) is 0 Å². The van der Waals surface area contributed by atoms with Crippen molar-refractivity contribution in [3.8, 4) is 33.4 Å². The van der Waals surface area contributed by atoms with Crippen molar-refractivity contribution >= 4 is 95.3 Å². The first-order valence-electron chi connectivity index (χ1n) is 17.1. The number of hydrogen-bond donors (Lipinski definition) is 0. The Bertz CT molecular complexity index is 3070. The summed E-state index contributed by atoms with van der Waals surface area (Å²) < 4.78 is 5.47. The molecule has 0 aliphatic rings. The quantitative estimate of drug-likeness (QED) is 0.164. The van der Waals surface area contributed by atoms with Crippen molar-refractivity contribution in [1.29, 1.82) is 0 Å². The van der Waals surface area contributed by atoms with Crippen LogP contribution in [0.15, 0.2) is 170 Å². The molecule has 11 aromatic rings. The maximum absolute atomic E-state index is 2.41. The van der Waals surface area contributed by atoms with Gasteiger partial charge in [-0.05, 0) is 67.1 Å². The highest BCUT2D eigenvalue weighted by Gasteiger charge is 2.19. The summed E-state index contributed by atoms with van der Waals surface area (Å²) in [5.41, 5.74) is 7.57. The topological polar surface area (TPSA) is 0 Å². The fraction of sp³-hybridized carbons (Fsp3) is 0. The zero-order valence-corrected chi connectivity index (χ0v) is 28.6. The Labute approximate surface area is 297 Å². The smallest absolute Gasteiger partial charge is 0.0441 e. The van der Waals surface area contributed by atoms with Gasteiger partial charge in [0, 0.05) is 51.1 Å². The molecule has 0 saturated heterocycles. The molecule has 0 aliphatic heterocycles. The van der Waals surface area contributed by atoms with Crippen molar-refractivity contribution in [3.05, 3.63) is 170 Å². The summed E-state index contributed by atoms with van der Waals surface area (Å²) in [7, 11) is 0. The van der Waals surface area contributed by atoms with Crippen LogP contribution >= 0.6 is 22.7 Å². The SMILES string of the molecule is c1ccc(-c2c3ccccc3c(-c3ccc(-c4ccc5c(c4)sc4c6ccccc6c6sc7ccccc7c6c54)cc3)c3ccccc23)cc1. The molecule has 0 bridgehead atoms. The summed E-state index contributed by atoms with van der Waals surface area (Å²) in [6.07, 6.45) is 0. The standard InChI is InChI=1S/C48H28S2/c1-2-12-30(13-3-1)43-33-14-4-6-16-35(33)44(36-17-7-5-15-34(36)43)31-24-22-29(23-25-31)32-26-27-40-42(28-32)50-48-38-19-9-8-18-37(38)47-45(46(40)48)39-20-10-11-21-41(39)49-47/h1-28H. The molecule has 11 rings (SSSR count). The van der Waals surface area contributed by atoms with E-state index < -0.39 is 0 Å². The van der Waals surface area contributed by atoms with E-state index >= 15 is 0 Å². The molecule has 2 aromatic heterocycles. The maximum atomic E-state index is 2.41. The predicted octanol–water partition coefficient (Wildman–Crippen LogP) is 14.9. The fourth-order valence-electron chi connectivity index (χ4n) is 8.26. The molecule has 0 aliphatic carbocycles. The van der Waals surface area contributed by atoms with Crippen LogP contribution in [0.5, 0.6) is 0 Å². The molecular weight excluding hydrogens is 641 g/mol. The summed E-state index contributed by atoms with van der Waals surface area (Å²) in [4.78, 5) is 0. The van der Waals surface area contributed by atoms with Gasteiger partial charge in [-0.25, -0.2) is 0 Å². The minimum Gasteiger partial charge on any atom is -0.135 e. The second-order valence-electron chi connectivity index (χ2n) is 13.1. The van der Waals surface area contributed by atoms with Gasteiger partial charge in [0.05, 0.1) is 0 Å². The van der Waals surface area contributed by atoms with Crippen LogP contribution in [0, 0.1) is 0 Å². The molecule has 0 fully saturated rings. The Morgan fingerprint density at radius 3 is 1.24 bits per heavy atom. The summed E-state index contributed by atoms with van der Waals surface area (Å²) in [6, 6.07) is 62.8. The lowest BCUT2D eigenvalue weighted by atomic mass is 9.86. The van der Waals surface area contributed by atoms with E-state index in [4.69, 9.17) is 0 Å². The Balaban J connectivity index is 1.09. The predicted molar refractivity (Wildman–Crippen MR) is 221 cm³/mol. The molecule has 0 atom stereocenters. The van der Waals surface area contributed by atoms with Gasteiger partial charge in [0.25, 0.3) is 0 Å². The molecule has 0 nitrogen and oxygen atoms in total. The van der Waals surface area contributed by atoms with Gasteiger partial charge in [-0.3, -0.25) is 0 Å². The number of thiophene rings is 2. The first-order valence-corrected chi connectivity index (χ1v) is 18.7. The highest BCUT2D eigenvalue weighted by molar-refractivity contribution is 7.29. The van der Waals surface area contributed by atoms with Gasteiger partial charge in [-0.1, -0.05) is 158 Å². The van der Waals surface area contributed by atoms with Crippen molar-refractivity contribution in [3.63, 3.8) is 0 Å². The first-order chi connectivity index (χ1) is 24.8. The molecular formula is C48H28S2. The summed E-state index contributed by atoms with van der Waals surface area (Å²) in [5.74, 6) is 0. The molecule has 2 heterocycles. The Kier molecular flexibility index (Phi) is 6.09. The molecule has 0 radical (unpaired) electrons. The van der Waals surface area contributed by atoms with Crippen molar-refractivity contribution in [2.75, 3.05) is 0 Å². The zero-order valence-electron chi connectivity index (χ0n) is 27.0. The molecule has 2 heteroatoms. The third kappa shape index (κ3) is 4.04. The number of benzene rings is 9. The summed E-state index contributed by atoms with van der Waals surface area (Å²) in [6.45, 7) is 0. The molecule has 0 spiro atoms. The van der Waals surface area contributed by atoms with Crippen LogP contribution in [0.25, 0.3) is 106 Å². The van der Waals surface area contributed by atoms with Gasteiger partial charge in [-0.15, -0.1) is 22.7 Å². The van der Waals surface area contributed by atoms with E-state index in [1.165, 1.54) is 106 Å². The highest BCUT2D eigenvalue weighted by Crippen LogP contribution is 2.50. The van der Waals surface area contributed by atoms with Crippen LogP contribution in [-0.2, 0) is 0 Å². The summed E-state index contributed by atoms with van der Waals surface area (Å²) >= 11 is 3.86. The van der Waals surface area contributed by atoms with Crippen LogP contribution in [-0.4, -0.2) is 0 Å². The third-order valence-corrected chi connectivity index (χ3v) is 12.8. The maximum Gasteiger partial charge on any atom is 0.0441 e. The second kappa shape index (κ2) is 10.9. The second-order valence-corrected chi connectivity index (χ2v) is 15.3. The van der Waals surface area contributed by atoms with Gasteiger partial charge in [0.2, 0.25) is 0 Å². The minimum absolute atomic E-state index is 1.23. The molecule has 0 amide bonds. The lowest BCUT2D eigenvalue weighted by Crippen LogP contribution is -1.90. The van der Waals surface area contributed by atoms with E-state index in [1.807, 2.05) is 22.7 Å². The van der Waals surface area contributed by atoms with Crippen molar-refractivity contribution in [2.45, 2.75) is 0 Å². The van der Waals surface area contributed by atoms with Crippen LogP contribution in [0.1, 0.15) is 0 Å². The van der Waals surface area contributed by atoms with Crippen LogP contribution in [0.2, 0.25) is 0 Å². The van der Waals surface area contributed by atoms with Gasteiger partial charge >= 0.3 is 0 Å². The molecule has 0 N–H and O–H groups in total. The Morgan fingerprint density at radius 1 is 0.260 bits per heavy atom. The average molecular weight is 669 g/mol. The van der Waals surface area contributed by atoms with E-state index in [2.05, 4.69) is 170 Å². The third-order valence-electron chi connectivity index (χ3n) is 10.5. The van der Waals surface area contributed by atoms with E-state index in [-0.39, 0.29) is 0 Å². The average Bonchev–Trinajstić information content (AvgIpc) is 3.76. The number of rotatable bonds is 3. The summed E-state index contributed by atoms with van der Waals surface area (Å²) in [5, 5.41) is 13.4. The monoisotopic (exact) mass is 668 g/mol. The fourth-order valence-corrected chi connectivity index (χ4v) is 10.8. The van der Waals surface area contributed by atoms with Crippen LogP contribution in [0.4, 0.5) is 0 Å². The number of hydrogen-bond acceptors (Lipinski definition) is 2. The van der Waals surface area contributed by atoms with Gasteiger partial charge < -0.3 is 0 Å². The molecule has 9 aromatic carbocycles. The normalized spacial score (nSPS) is 12.0. The van der Waals surface area contributed by atoms with Crippen LogP contribution in [0.3, 0.4) is 0 Å².